The second-order valence-electron chi connectivity index (χ2n) is 7.70. The van der Waals surface area contributed by atoms with Gasteiger partial charge in [-0.25, -0.2) is 5.43 Å². The summed E-state index contributed by atoms with van der Waals surface area (Å²) in [4.78, 5) is 25.4. The van der Waals surface area contributed by atoms with Crippen molar-refractivity contribution in [2.45, 2.75) is 12.5 Å². The van der Waals surface area contributed by atoms with Gasteiger partial charge >= 0.3 is 0 Å². The summed E-state index contributed by atoms with van der Waals surface area (Å²) in [7, 11) is 1.63. The molecule has 2 N–H and O–H groups in total. The van der Waals surface area contributed by atoms with Crippen LogP contribution in [-0.2, 0) is 4.79 Å². The van der Waals surface area contributed by atoms with Crippen molar-refractivity contribution < 1.29 is 14.3 Å². The van der Waals surface area contributed by atoms with Crippen LogP contribution in [0.2, 0.25) is 0 Å². The summed E-state index contributed by atoms with van der Waals surface area (Å²) in [6.07, 6.45) is 1.66. The van der Waals surface area contributed by atoms with Gasteiger partial charge in [-0.15, -0.1) is 0 Å². The zero-order chi connectivity index (χ0) is 23.8. The maximum Gasteiger partial charge on any atom is 0.251 e. The van der Waals surface area contributed by atoms with Gasteiger partial charge in [0.05, 0.1) is 25.8 Å². The number of rotatable bonds is 8. The number of hydrogen-bond acceptors (Lipinski definition) is 4. The summed E-state index contributed by atoms with van der Waals surface area (Å²) in [5.74, 6) is 0.225. The fraction of sp³-hybridized carbons (Fsp3) is 0.107. The van der Waals surface area contributed by atoms with E-state index in [0.717, 1.165) is 27.6 Å². The van der Waals surface area contributed by atoms with E-state index in [0.29, 0.717) is 5.56 Å². The molecule has 170 valence electrons. The molecule has 6 nitrogen and oxygen atoms in total. The Kier molecular flexibility index (Phi) is 7.30. The maximum atomic E-state index is 12.7. The third-order valence-electron chi connectivity index (χ3n) is 5.46. The van der Waals surface area contributed by atoms with Crippen LogP contribution in [-0.4, -0.2) is 25.1 Å². The van der Waals surface area contributed by atoms with Crippen LogP contribution in [0.25, 0.3) is 10.8 Å². The fourth-order valence-electron chi connectivity index (χ4n) is 3.76. The normalized spacial score (nSPS) is 11.8. The van der Waals surface area contributed by atoms with Gasteiger partial charge in [0.2, 0.25) is 5.91 Å². The second kappa shape index (κ2) is 10.9. The van der Waals surface area contributed by atoms with Crippen LogP contribution in [0.1, 0.15) is 33.9 Å². The van der Waals surface area contributed by atoms with Crippen LogP contribution in [0.5, 0.6) is 5.75 Å². The molecule has 2 amide bonds. The molecule has 0 fully saturated rings. The first-order chi connectivity index (χ1) is 16.7. The highest BCUT2D eigenvalue weighted by molar-refractivity contribution is 6.02. The number of ether oxygens (including phenoxy) is 1. The van der Waals surface area contributed by atoms with Gasteiger partial charge in [-0.05, 0) is 35.2 Å². The van der Waals surface area contributed by atoms with Crippen LogP contribution < -0.4 is 15.5 Å². The lowest BCUT2D eigenvalue weighted by atomic mass is 10.0. The summed E-state index contributed by atoms with van der Waals surface area (Å²) in [5.41, 5.74) is 4.82. The molecule has 4 aromatic rings. The van der Waals surface area contributed by atoms with Crippen molar-refractivity contribution in [3.05, 3.63) is 114 Å². The number of nitrogens with zero attached hydrogens (tertiary/aromatic N) is 1. The van der Waals surface area contributed by atoms with E-state index >= 15 is 0 Å². The smallest absolute Gasteiger partial charge is 0.251 e. The highest BCUT2D eigenvalue weighted by Crippen LogP contribution is 2.27. The molecule has 0 spiro atoms. The summed E-state index contributed by atoms with van der Waals surface area (Å²) < 4.78 is 5.43. The third kappa shape index (κ3) is 5.48. The molecule has 0 aliphatic heterocycles. The molecule has 0 heterocycles. The Balaban J connectivity index is 1.47. The summed E-state index contributed by atoms with van der Waals surface area (Å²) in [5, 5.41) is 9.05. The lowest BCUT2D eigenvalue weighted by Gasteiger charge is -2.18. The van der Waals surface area contributed by atoms with Gasteiger partial charge in [-0.3, -0.25) is 9.59 Å². The lowest BCUT2D eigenvalue weighted by Crippen LogP contribution is -2.32. The predicted molar refractivity (Wildman–Crippen MR) is 134 cm³/mol. The summed E-state index contributed by atoms with van der Waals surface area (Å²) in [6, 6.07) is 29.5. The van der Waals surface area contributed by atoms with Gasteiger partial charge in [-0.1, -0.05) is 72.8 Å². The predicted octanol–water partition coefficient (Wildman–Crippen LogP) is 4.86. The topological polar surface area (TPSA) is 79.8 Å². The molecule has 0 unspecified atom stereocenters. The molecule has 0 saturated heterocycles. The Morgan fingerprint density at radius 2 is 1.50 bits per heavy atom. The fourth-order valence-corrected chi connectivity index (χ4v) is 3.76. The highest BCUT2D eigenvalue weighted by Gasteiger charge is 2.19. The second-order valence-corrected chi connectivity index (χ2v) is 7.70. The van der Waals surface area contributed by atoms with Gasteiger partial charge in [0.25, 0.3) is 5.91 Å². The van der Waals surface area contributed by atoms with Gasteiger partial charge in [-0.2, -0.15) is 5.10 Å². The number of nitrogens with one attached hydrogen (secondary N) is 2. The Bertz CT molecular complexity index is 1300. The molecule has 0 aliphatic carbocycles. The molecule has 34 heavy (non-hydrogen) atoms. The first-order valence-corrected chi connectivity index (χ1v) is 10.9. The van der Waals surface area contributed by atoms with Crippen molar-refractivity contribution in [2.75, 3.05) is 7.11 Å². The van der Waals surface area contributed by atoms with Gasteiger partial charge in [0.15, 0.2) is 0 Å². The Labute approximate surface area is 198 Å². The number of fused-ring (bicyclic) bond motifs is 1. The van der Waals surface area contributed by atoms with Gasteiger partial charge < -0.3 is 10.1 Å². The van der Waals surface area contributed by atoms with E-state index in [1.54, 1.807) is 37.6 Å². The van der Waals surface area contributed by atoms with E-state index in [-0.39, 0.29) is 18.2 Å². The van der Waals surface area contributed by atoms with Crippen LogP contribution in [0.4, 0.5) is 0 Å². The minimum Gasteiger partial charge on any atom is -0.496 e. The van der Waals surface area contributed by atoms with Crippen LogP contribution in [0.3, 0.4) is 0 Å². The Hall–Kier alpha value is -4.45. The van der Waals surface area contributed by atoms with E-state index in [4.69, 9.17) is 4.74 Å². The van der Waals surface area contributed by atoms with E-state index in [2.05, 4.69) is 15.8 Å². The molecule has 0 saturated carbocycles. The standard InChI is InChI=1S/C28H25N3O3/c1-34-26-17-16-22(23-14-8-9-15-24(23)26)19-29-31-27(32)18-25(20-10-4-2-5-11-20)30-28(33)21-12-6-3-7-13-21/h2-17,19,25H,18H2,1H3,(H,30,33)(H,31,32)/b29-19-/t25-/m1/s1. The average molecular weight is 452 g/mol. The van der Waals surface area contributed by atoms with E-state index < -0.39 is 6.04 Å². The monoisotopic (exact) mass is 451 g/mol. The van der Waals surface area contributed by atoms with E-state index in [1.165, 1.54) is 0 Å². The van der Waals surface area contributed by atoms with Gasteiger partial charge in [0, 0.05) is 16.5 Å². The number of methoxy groups -OCH3 is 1. The first-order valence-electron chi connectivity index (χ1n) is 10.9. The van der Waals surface area contributed by atoms with Crippen molar-refractivity contribution in [1.82, 2.24) is 10.7 Å². The summed E-state index contributed by atoms with van der Waals surface area (Å²) in [6.45, 7) is 0. The molecular formula is C28H25N3O3. The molecule has 0 aliphatic rings. The van der Waals surface area contributed by atoms with Crippen LogP contribution in [0, 0.1) is 0 Å². The third-order valence-corrected chi connectivity index (χ3v) is 5.46. The quantitative estimate of drug-likeness (QED) is 0.297. The molecular weight excluding hydrogens is 426 g/mol. The molecule has 6 heteroatoms. The average Bonchev–Trinajstić information content (AvgIpc) is 2.89. The minimum atomic E-state index is -0.495. The van der Waals surface area contributed by atoms with Crippen LogP contribution in [0.15, 0.2) is 102 Å². The SMILES string of the molecule is COc1ccc(/C=N\NC(=O)C[C@@H](NC(=O)c2ccccc2)c2ccccc2)c2ccccc12. The van der Waals surface area contributed by atoms with Crippen molar-refractivity contribution >= 4 is 28.8 Å². The molecule has 4 rings (SSSR count). The molecule has 0 aromatic heterocycles. The highest BCUT2D eigenvalue weighted by atomic mass is 16.5. The number of benzene rings is 4. The number of amides is 2. The number of carbonyl (C=O) groups is 2. The van der Waals surface area contributed by atoms with Crippen LogP contribution >= 0.6 is 0 Å². The van der Waals surface area contributed by atoms with E-state index in [9.17, 15) is 9.59 Å². The van der Waals surface area contributed by atoms with Gasteiger partial charge in [0.1, 0.15) is 5.75 Å². The molecule has 0 radical (unpaired) electrons. The number of hydrogen-bond donors (Lipinski definition) is 2. The molecule has 0 bridgehead atoms. The zero-order valence-electron chi connectivity index (χ0n) is 18.8. The van der Waals surface area contributed by atoms with E-state index in [1.807, 2.05) is 72.8 Å². The van der Waals surface area contributed by atoms with Crippen molar-refractivity contribution in [1.29, 1.82) is 0 Å². The lowest BCUT2D eigenvalue weighted by molar-refractivity contribution is -0.121. The van der Waals surface area contributed by atoms with Crippen molar-refractivity contribution in [2.24, 2.45) is 5.10 Å². The minimum absolute atomic E-state index is 0.0449. The zero-order valence-corrected chi connectivity index (χ0v) is 18.8. The maximum absolute atomic E-state index is 12.7. The van der Waals surface area contributed by atoms with Crippen molar-refractivity contribution in [3.63, 3.8) is 0 Å². The number of carbonyl (C=O) groups excluding carboxylic acids is 2. The Morgan fingerprint density at radius 3 is 2.21 bits per heavy atom. The molecule has 1 atom stereocenters. The van der Waals surface area contributed by atoms with Crippen molar-refractivity contribution in [3.8, 4) is 5.75 Å². The Morgan fingerprint density at radius 1 is 0.853 bits per heavy atom. The first kappa shape index (κ1) is 22.7. The summed E-state index contributed by atoms with van der Waals surface area (Å²) >= 11 is 0. The molecule has 4 aromatic carbocycles. The number of hydrazone groups is 1. The largest absolute Gasteiger partial charge is 0.496 e.